The van der Waals surface area contributed by atoms with Crippen LogP contribution in [0.25, 0.3) is 0 Å². The molecule has 0 aromatic carbocycles. The van der Waals surface area contributed by atoms with E-state index < -0.39 is 0 Å². The second-order valence-corrected chi connectivity index (χ2v) is 4.56. The number of nitrogens with one attached hydrogen (secondary N) is 1. The third kappa shape index (κ3) is 2.44. The maximum atomic E-state index is 5.85. The highest BCUT2D eigenvalue weighted by Crippen LogP contribution is 2.28. The van der Waals surface area contributed by atoms with Crippen molar-refractivity contribution in [3.8, 4) is 0 Å². The average Bonchev–Trinajstić information content (AvgIpc) is 2.54. The van der Waals surface area contributed by atoms with Crippen LogP contribution in [-0.4, -0.2) is 25.8 Å². The van der Waals surface area contributed by atoms with Gasteiger partial charge in [0.05, 0.1) is 6.10 Å². The molecule has 2 aliphatic carbocycles. The Labute approximate surface area is 81.0 Å². The highest BCUT2D eigenvalue weighted by molar-refractivity contribution is 4.85. The van der Waals surface area contributed by atoms with Gasteiger partial charge in [-0.25, -0.2) is 0 Å². The zero-order valence-corrected chi connectivity index (χ0v) is 8.59. The highest BCUT2D eigenvalue weighted by atomic mass is 16.5. The summed E-state index contributed by atoms with van der Waals surface area (Å²) in [6.45, 7) is 1.03. The van der Waals surface area contributed by atoms with Crippen molar-refractivity contribution in [1.82, 2.24) is 5.32 Å². The lowest BCUT2D eigenvalue weighted by Crippen LogP contribution is -2.44. The largest absolute Gasteiger partial charge is 0.378 e. The first kappa shape index (κ1) is 9.47. The minimum absolute atomic E-state index is 0.568. The normalized spacial score (nSPS) is 34.8. The zero-order chi connectivity index (χ0) is 9.10. The van der Waals surface area contributed by atoms with Crippen LogP contribution >= 0.6 is 0 Å². The smallest absolute Gasteiger partial charge is 0.0605 e. The van der Waals surface area contributed by atoms with E-state index in [-0.39, 0.29) is 0 Å². The predicted molar refractivity (Wildman–Crippen MR) is 53.8 cm³/mol. The van der Waals surface area contributed by atoms with Gasteiger partial charge >= 0.3 is 0 Å². The van der Waals surface area contributed by atoms with Crippen molar-refractivity contribution in [3.05, 3.63) is 0 Å². The summed E-state index contributed by atoms with van der Waals surface area (Å²) < 4.78 is 5.85. The number of rotatable bonds is 4. The van der Waals surface area contributed by atoms with E-state index in [4.69, 9.17) is 4.74 Å². The Morgan fingerprint density at radius 2 is 1.92 bits per heavy atom. The summed E-state index contributed by atoms with van der Waals surface area (Å²) >= 11 is 0. The SMILES string of the molecule is CNC1CC(OCC2CCCC2)C1. The zero-order valence-electron chi connectivity index (χ0n) is 8.59. The summed E-state index contributed by atoms with van der Waals surface area (Å²) in [5.41, 5.74) is 0. The van der Waals surface area contributed by atoms with Gasteiger partial charge in [-0.3, -0.25) is 0 Å². The summed E-state index contributed by atoms with van der Waals surface area (Å²) in [5, 5.41) is 3.28. The van der Waals surface area contributed by atoms with Crippen molar-refractivity contribution in [3.63, 3.8) is 0 Å². The van der Waals surface area contributed by atoms with Gasteiger partial charge in [0.2, 0.25) is 0 Å². The Morgan fingerprint density at radius 1 is 1.23 bits per heavy atom. The summed E-state index contributed by atoms with van der Waals surface area (Å²) in [6.07, 6.45) is 8.69. The molecule has 0 spiro atoms. The molecule has 0 amide bonds. The molecule has 1 N–H and O–H groups in total. The molecule has 0 aromatic rings. The van der Waals surface area contributed by atoms with Crippen molar-refractivity contribution >= 4 is 0 Å². The number of hydrogen-bond donors (Lipinski definition) is 1. The van der Waals surface area contributed by atoms with E-state index in [1.54, 1.807) is 0 Å². The maximum absolute atomic E-state index is 5.85. The molecule has 0 aromatic heterocycles. The van der Waals surface area contributed by atoms with Crippen LogP contribution in [-0.2, 0) is 4.74 Å². The molecule has 0 saturated heterocycles. The molecule has 2 saturated carbocycles. The van der Waals surface area contributed by atoms with Crippen LogP contribution < -0.4 is 5.32 Å². The van der Waals surface area contributed by atoms with Crippen molar-refractivity contribution in [1.29, 1.82) is 0 Å². The molecule has 0 bridgehead atoms. The quantitative estimate of drug-likeness (QED) is 0.719. The summed E-state index contributed by atoms with van der Waals surface area (Å²) in [4.78, 5) is 0. The third-order valence-electron chi connectivity index (χ3n) is 3.55. The first-order chi connectivity index (χ1) is 6.38. The van der Waals surface area contributed by atoms with Crippen LogP contribution in [0.15, 0.2) is 0 Å². The summed E-state index contributed by atoms with van der Waals surface area (Å²) in [5.74, 6) is 0.883. The van der Waals surface area contributed by atoms with Crippen LogP contribution in [0.5, 0.6) is 0 Å². The lowest BCUT2D eigenvalue weighted by atomic mass is 9.89. The highest BCUT2D eigenvalue weighted by Gasteiger charge is 2.29. The molecule has 13 heavy (non-hydrogen) atoms. The van der Waals surface area contributed by atoms with Gasteiger partial charge < -0.3 is 10.1 Å². The van der Waals surface area contributed by atoms with Gasteiger partial charge in [0, 0.05) is 12.6 Å². The van der Waals surface area contributed by atoms with Gasteiger partial charge in [0.1, 0.15) is 0 Å². The second kappa shape index (κ2) is 4.43. The van der Waals surface area contributed by atoms with Crippen molar-refractivity contribution in [2.24, 2.45) is 5.92 Å². The minimum atomic E-state index is 0.568. The maximum Gasteiger partial charge on any atom is 0.0605 e. The molecule has 2 rings (SSSR count). The fourth-order valence-electron chi connectivity index (χ4n) is 2.39. The fraction of sp³-hybridized carbons (Fsp3) is 1.00. The molecule has 2 heteroatoms. The number of hydrogen-bond acceptors (Lipinski definition) is 2. The lowest BCUT2D eigenvalue weighted by molar-refractivity contribution is -0.0298. The van der Waals surface area contributed by atoms with E-state index in [0.29, 0.717) is 6.10 Å². The van der Waals surface area contributed by atoms with Crippen LogP contribution in [0, 0.1) is 5.92 Å². The van der Waals surface area contributed by atoms with Crippen LogP contribution in [0.1, 0.15) is 38.5 Å². The van der Waals surface area contributed by atoms with Crippen molar-refractivity contribution < 1.29 is 4.74 Å². The van der Waals surface area contributed by atoms with E-state index in [0.717, 1.165) is 18.6 Å². The topological polar surface area (TPSA) is 21.3 Å². The molecule has 2 nitrogen and oxygen atoms in total. The Hall–Kier alpha value is -0.0800. The molecule has 76 valence electrons. The Kier molecular flexibility index (Phi) is 3.23. The van der Waals surface area contributed by atoms with Gasteiger partial charge in [0.25, 0.3) is 0 Å². The van der Waals surface area contributed by atoms with Crippen LogP contribution in [0.2, 0.25) is 0 Å². The minimum Gasteiger partial charge on any atom is -0.378 e. The molecular formula is C11H21NO. The van der Waals surface area contributed by atoms with Crippen LogP contribution in [0.3, 0.4) is 0 Å². The van der Waals surface area contributed by atoms with E-state index >= 15 is 0 Å². The summed E-state index contributed by atoms with van der Waals surface area (Å²) in [7, 11) is 2.04. The van der Waals surface area contributed by atoms with Crippen molar-refractivity contribution in [2.45, 2.75) is 50.7 Å². The van der Waals surface area contributed by atoms with E-state index in [9.17, 15) is 0 Å². The van der Waals surface area contributed by atoms with E-state index in [1.807, 2.05) is 7.05 Å². The van der Waals surface area contributed by atoms with Gasteiger partial charge in [0.15, 0.2) is 0 Å². The average molecular weight is 183 g/mol. The monoisotopic (exact) mass is 183 g/mol. The predicted octanol–water partition coefficient (Wildman–Crippen LogP) is 1.94. The van der Waals surface area contributed by atoms with Gasteiger partial charge in [-0.2, -0.15) is 0 Å². The summed E-state index contributed by atoms with van der Waals surface area (Å²) in [6, 6.07) is 0.730. The van der Waals surface area contributed by atoms with E-state index in [1.165, 1.54) is 38.5 Å². The molecule has 0 atom stereocenters. The first-order valence-electron chi connectivity index (χ1n) is 5.67. The van der Waals surface area contributed by atoms with Gasteiger partial charge in [-0.05, 0) is 38.6 Å². The number of ether oxygens (including phenoxy) is 1. The van der Waals surface area contributed by atoms with Crippen molar-refractivity contribution in [2.75, 3.05) is 13.7 Å². The van der Waals surface area contributed by atoms with E-state index in [2.05, 4.69) is 5.32 Å². The molecular weight excluding hydrogens is 162 g/mol. The van der Waals surface area contributed by atoms with Gasteiger partial charge in [-0.15, -0.1) is 0 Å². The first-order valence-corrected chi connectivity index (χ1v) is 5.67. The third-order valence-corrected chi connectivity index (χ3v) is 3.55. The van der Waals surface area contributed by atoms with Gasteiger partial charge in [-0.1, -0.05) is 12.8 Å². The molecule has 0 radical (unpaired) electrons. The second-order valence-electron chi connectivity index (χ2n) is 4.56. The molecule has 0 unspecified atom stereocenters. The Bertz CT molecular complexity index is 148. The lowest BCUT2D eigenvalue weighted by Gasteiger charge is -2.35. The molecule has 2 aliphatic rings. The van der Waals surface area contributed by atoms with Crippen LogP contribution in [0.4, 0.5) is 0 Å². The fourth-order valence-corrected chi connectivity index (χ4v) is 2.39. The Balaban J connectivity index is 1.54. The molecule has 0 heterocycles. The molecule has 0 aliphatic heterocycles. The standard InChI is InChI=1S/C11H21NO/c1-12-10-6-11(7-10)13-8-9-4-2-3-5-9/h9-12H,2-8H2,1H3. The Morgan fingerprint density at radius 3 is 2.54 bits per heavy atom. The molecule has 2 fully saturated rings.